The number of nitrogens with one attached hydrogen (secondary N) is 1. The Morgan fingerprint density at radius 1 is 1.24 bits per heavy atom. The molecule has 5 heteroatoms. The number of rotatable bonds is 9. The fraction of sp³-hybridized carbons (Fsp3) is 0.450. The predicted octanol–water partition coefficient (Wildman–Crippen LogP) is 3.91. The van der Waals surface area contributed by atoms with Gasteiger partial charge in [-0.2, -0.15) is 0 Å². The van der Waals surface area contributed by atoms with Gasteiger partial charge in [-0.1, -0.05) is 26.8 Å². The second-order valence-corrected chi connectivity index (χ2v) is 6.63. The van der Waals surface area contributed by atoms with Crippen LogP contribution in [0.3, 0.4) is 0 Å². The normalized spacial score (nSPS) is 12.2. The van der Waals surface area contributed by atoms with E-state index in [0.717, 1.165) is 29.0 Å². The van der Waals surface area contributed by atoms with Crippen LogP contribution in [-0.2, 0) is 13.0 Å². The Kier molecular flexibility index (Phi) is 7.19. The highest BCUT2D eigenvalue weighted by atomic mass is 16.5. The highest BCUT2D eigenvalue weighted by Gasteiger charge is 2.11. The van der Waals surface area contributed by atoms with Crippen molar-refractivity contribution in [2.45, 2.75) is 46.7 Å². The highest BCUT2D eigenvalue weighted by Crippen LogP contribution is 2.25. The molecular formula is C20H29N4O. The van der Waals surface area contributed by atoms with Gasteiger partial charge in [-0.3, -0.25) is 0 Å². The minimum absolute atomic E-state index is 0.0744. The summed E-state index contributed by atoms with van der Waals surface area (Å²) in [6.07, 6.45) is 4.71. The van der Waals surface area contributed by atoms with Crippen LogP contribution in [0.4, 0.5) is 5.95 Å². The lowest BCUT2D eigenvalue weighted by atomic mass is 10.0. The van der Waals surface area contributed by atoms with Gasteiger partial charge in [0.25, 0.3) is 0 Å². The third kappa shape index (κ3) is 5.71. The molecule has 0 aliphatic carbocycles. The second kappa shape index (κ2) is 9.37. The Balaban J connectivity index is 2.10. The number of hydrogen-bond acceptors (Lipinski definition) is 5. The van der Waals surface area contributed by atoms with E-state index in [2.05, 4.69) is 54.6 Å². The molecule has 1 aromatic carbocycles. The zero-order chi connectivity index (χ0) is 18.2. The molecule has 1 aromatic heterocycles. The van der Waals surface area contributed by atoms with E-state index in [4.69, 9.17) is 10.5 Å². The summed E-state index contributed by atoms with van der Waals surface area (Å²) in [6.45, 7) is 9.52. The van der Waals surface area contributed by atoms with Crippen molar-refractivity contribution in [3.63, 3.8) is 0 Å². The molecule has 0 saturated heterocycles. The highest BCUT2D eigenvalue weighted by molar-refractivity contribution is 5.41. The van der Waals surface area contributed by atoms with Crippen molar-refractivity contribution >= 4 is 5.95 Å². The number of nitrogens with two attached hydrogens (primary N) is 1. The zero-order valence-corrected chi connectivity index (χ0v) is 15.6. The Labute approximate surface area is 151 Å². The van der Waals surface area contributed by atoms with Crippen molar-refractivity contribution < 1.29 is 4.74 Å². The average molecular weight is 341 g/mol. The Morgan fingerprint density at radius 3 is 2.72 bits per heavy atom. The number of ether oxygens (including phenoxy) is 1. The second-order valence-electron chi connectivity index (χ2n) is 6.63. The van der Waals surface area contributed by atoms with Crippen LogP contribution in [-0.4, -0.2) is 16.6 Å². The number of anilines is 1. The molecular weight excluding hydrogens is 312 g/mol. The Morgan fingerprint density at radius 2 is 2.04 bits per heavy atom. The summed E-state index contributed by atoms with van der Waals surface area (Å²) in [7, 11) is 0. The summed E-state index contributed by atoms with van der Waals surface area (Å²) < 4.78 is 5.86. The van der Waals surface area contributed by atoms with E-state index in [1.807, 2.05) is 19.1 Å². The molecule has 0 unspecified atom stereocenters. The molecule has 0 amide bonds. The van der Waals surface area contributed by atoms with Crippen molar-refractivity contribution in [2.75, 3.05) is 11.9 Å². The lowest BCUT2D eigenvalue weighted by Crippen LogP contribution is -2.12. The van der Waals surface area contributed by atoms with Gasteiger partial charge in [0.2, 0.25) is 5.95 Å². The predicted molar refractivity (Wildman–Crippen MR) is 102 cm³/mol. The third-order valence-corrected chi connectivity index (χ3v) is 3.85. The molecule has 0 aliphatic heterocycles. The Hall–Kier alpha value is -2.14. The summed E-state index contributed by atoms with van der Waals surface area (Å²) >= 11 is 0. The molecule has 2 rings (SSSR count). The SMILES string of the molecule is C[CH]Cc1ccnc(N[C@@H](C)c2ccc(OCC(C)C)c(CN)c2)n1. The molecule has 0 spiro atoms. The summed E-state index contributed by atoms with van der Waals surface area (Å²) in [5.74, 6) is 1.99. The summed E-state index contributed by atoms with van der Waals surface area (Å²) in [4.78, 5) is 8.84. The van der Waals surface area contributed by atoms with Gasteiger partial charge in [-0.15, -0.1) is 0 Å². The van der Waals surface area contributed by atoms with Crippen LogP contribution in [0.15, 0.2) is 30.5 Å². The van der Waals surface area contributed by atoms with E-state index in [9.17, 15) is 0 Å². The van der Waals surface area contributed by atoms with Crippen LogP contribution < -0.4 is 15.8 Å². The average Bonchev–Trinajstić information content (AvgIpc) is 2.60. The van der Waals surface area contributed by atoms with E-state index >= 15 is 0 Å². The third-order valence-electron chi connectivity index (χ3n) is 3.85. The van der Waals surface area contributed by atoms with Crippen molar-refractivity contribution in [1.82, 2.24) is 9.97 Å². The standard InChI is InChI=1S/C20H29N4O/c1-5-6-18-9-10-22-20(24-18)23-15(4)16-7-8-19(17(11-16)12-21)25-13-14(2)3/h5,7-11,14-15H,6,12-13,21H2,1-4H3,(H,22,23,24)/t15-/m0/s1. The van der Waals surface area contributed by atoms with Crippen molar-refractivity contribution in [2.24, 2.45) is 11.7 Å². The first kappa shape index (κ1) is 19.2. The molecule has 0 saturated carbocycles. The van der Waals surface area contributed by atoms with Crippen molar-refractivity contribution in [1.29, 1.82) is 0 Å². The number of benzene rings is 1. The fourth-order valence-corrected chi connectivity index (χ4v) is 2.49. The van der Waals surface area contributed by atoms with Crippen LogP contribution in [0.1, 0.15) is 50.6 Å². The van der Waals surface area contributed by atoms with Crippen LogP contribution in [0.5, 0.6) is 5.75 Å². The molecule has 1 heterocycles. The summed E-state index contributed by atoms with van der Waals surface area (Å²) in [5.41, 5.74) is 9.06. The number of nitrogens with zero attached hydrogens (tertiary/aromatic N) is 2. The molecule has 0 aliphatic rings. The van der Waals surface area contributed by atoms with Gasteiger partial charge in [0.15, 0.2) is 0 Å². The quantitative estimate of drug-likeness (QED) is 0.723. The Bertz CT molecular complexity index is 672. The molecule has 5 nitrogen and oxygen atoms in total. The largest absolute Gasteiger partial charge is 0.493 e. The molecule has 1 atom stereocenters. The fourth-order valence-electron chi connectivity index (χ4n) is 2.49. The van der Waals surface area contributed by atoms with E-state index in [1.165, 1.54) is 0 Å². The van der Waals surface area contributed by atoms with Gasteiger partial charge in [-0.25, -0.2) is 9.97 Å². The maximum atomic E-state index is 5.90. The molecule has 25 heavy (non-hydrogen) atoms. The lowest BCUT2D eigenvalue weighted by molar-refractivity contribution is 0.268. The smallest absolute Gasteiger partial charge is 0.223 e. The van der Waals surface area contributed by atoms with E-state index < -0.39 is 0 Å². The number of aromatic nitrogens is 2. The summed E-state index contributed by atoms with van der Waals surface area (Å²) in [5, 5.41) is 3.36. The molecule has 135 valence electrons. The maximum absolute atomic E-state index is 5.90. The summed E-state index contributed by atoms with van der Waals surface area (Å²) in [6, 6.07) is 8.17. The van der Waals surface area contributed by atoms with E-state index in [1.54, 1.807) is 6.20 Å². The van der Waals surface area contributed by atoms with Gasteiger partial charge >= 0.3 is 0 Å². The van der Waals surface area contributed by atoms with Gasteiger partial charge in [0.1, 0.15) is 5.75 Å². The monoisotopic (exact) mass is 341 g/mol. The first-order valence-electron chi connectivity index (χ1n) is 8.85. The first-order chi connectivity index (χ1) is 12.0. The lowest BCUT2D eigenvalue weighted by Gasteiger charge is -2.18. The molecule has 3 N–H and O–H groups in total. The van der Waals surface area contributed by atoms with E-state index in [-0.39, 0.29) is 6.04 Å². The number of hydrogen-bond donors (Lipinski definition) is 2. The van der Waals surface area contributed by atoms with Gasteiger partial charge in [0.05, 0.1) is 12.6 Å². The van der Waals surface area contributed by atoms with Crippen LogP contribution in [0.2, 0.25) is 0 Å². The zero-order valence-electron chi connectivity index (χ0n) is 15.6. The van der Waals surface area contributed by atoms with Crippen molar-refractivity contribution in [3.8, 4) is 5.75 Å². The molecule has 0 fully saturated rings. The van der Waals surface area contributed by atoms with Gasteiger partial charge < -0.3 is 15.8 Å². The minimum Gasteiger partial charge on any atom is -0.493 e. The van der Waals surface area contributed by atoms with Gasteiger partial charge in [-0.05, 0) is 49.4 Å². The maximum Gasteiger partial charge on any atom is 0.223 e. The van der Waals surface area contributed by atoms with Crippen LogP contribution in [0, 0.1) is 12.3 Å². The molecule has 2 aromatic rings. The van der Waals surface area contributed by atoms with Crippen LogP contribution >= 0.6 is 0 Å². The minimum atomic E-state index is 0.0744. The van der Waals surface area contributed by atoms with Crippen molar-refractivity contribution in [3.05, 3.63) is 53.7 Å². The van der Waals surface area contributed by atoms with Gasteiger partial charge in [0, 0.05) is 24.0 Å². The topological polar surface area (TPSA) is 73.1 Å². The van der Waals surface area contributed by atoms with Crippen LogP contribution in [0.25, 0.3) is 0 Å². The molecule has 0 bridgehead atoms. The molecule has 1 radical (unpaired) electrons. The first-order valence-corrected chi connectivity index (χ1v) is 8.85. The van der Waals surface area contributed by atoms with E-state index in [0.29, 0.717) is 25.0 Å².